The van der Waals surface area contributed by atoms with Crippen LogP contribution in [0.25, 0.3) is 17.2 Å². The molecule has 0 aliphatic heterocycles. The number of benzene rings is 3. The summed E-state index contributed by atoms with van der Waals surface area (Å²) in [5.41, 5.74) is 3.90. The van der Waals surface area contributed by atoms with Gasteiger partial charge in [-0.05, 0) is 47.4 Å². The molecule has 0 aromatic heterocycles. The number of rotatable bonds is 8. The summed E-state index contributed by atoms with van der Waals surface area (Å²) in [6.07, 6.45) is 3.00. The predicted octanol–water partition coefficient (Wildman–Crippen LogP) is 6.17. The summed E-state index contributed by atoms with van der Waals surface area (Å²) in [7, 11) is 1.53. The van der Waals surface area contributed by atoms with Crippen LogP contribution in [0.1, 0.15) is 18.1 Å². The van der Waals surface area contributed by atoms with Crippen LogP contribution in [0, 0.1) is 0 Å². The van der Waals surface area contributed by atoms with E-state index in [-0.39, 0.29) is 6.61 Å². The van der Waals surface area contributed by atoms with Gasteiger partial charge in [-0.15, -0.1) is 0 Å². The molecule has 0 bridgehead atoms. The van der Waals surface area contributed by atoms with Crippen LogP contribution in [0.5, 0.6) is 11.5 Å². The summed E-state index contributed by atoms with van der Waals surface area (Å²) >= 11 is 6.23. The smallest absolute Gasteiger partial charge is 0.331 e. The fourth-order valence-corrected chi connectivity index (χ4v) is 3.23. The third-order valence-corrected chi connectivity index (χ3v) is 4.67. The Morgan fingerprint density at radius 1 is 1.00 bits per heavy atom. The molecule has 0 radical (unpaired) electrons. The van der Waals surface area contributed by atoms with E-state index in [4.69, 9.17) is 25.8 Å². The molecule has 0 aliphatic rings. The summed E-state index contributed by atoms with van der Waals surface area (Å²) in [5, 5.41) is 0.412. The predicted molar refractivity (Wildman–Crippen MR) is 120 cm³/mol. The average Bonchev–Trinajstić information content (AvgIpc) is 2.77. The van der Waals surface area contributed by atoms with Crippen LogP contribution in [0.2, 0.25) is 5.02 Å². The molecule has 30 heavy (non-hydrogen) atoms. The normalized spacial score (nSPS) is 10.8. The van der Waals surface area contributed by atoms with Crippen LogP contribution in [-0.4, -0.2) is 19.7 Å². The zero-order valence-corrected chi connectivity index (χ0v) is 17.7. The van der Waals surface area contributed by atoms with Crippen LogP contribution >= 0.6 is 11.6 Å². The van der Waals surface area contributed by atoms with E-state index in [1.165, 1.54) is 13.2 Å². The lowest BCUT2D eigenvalue weighted by atomic mass is 10.0. The molecule has 154 valence electrons. The Bertz CT molecular complexity index is 1010. The molecule has 0 saturated heterocycles. The van der Waals surface area contributed by atoms with Crippen molar-refractivity contribution >= 4 is 23.6 Å². The Morgan fingerprint density at radius 3 is 2.37 bits per heavy atom. The molecule has 0 fully saturated rings. The van der Waals surface area contributed by atoms with Gasteiger partial charge in [0.2, 0.25) is 0 Å². The Kier molecular flexibility index (Phi) is 7.52. The highest BCUT2D eigenvalue weighted by atomic mass is 35.5. The van der Waals surface area contributed by atoms with Gasteiger partial charge >= 0.3 is 5.97 Å². The summed E-state index contributed by atoms with van der Waals surface area (Å²) in [5.74, 6) is 0.559. The van der Waals surface area contributed by atoms with Crippen LogP contribution in [-0.2, 0) is 16.1 Å². The maximum atomic E-state index is 12.1. The first-order valence-electron chi connectivity index (χ1n) is 9.60. The largest absolute Gasteiger partial charge is 0.491 e. The minimum Gasteiger partial charge on any atom is -0.491 e. The van der Waals surface area contributed by atoms with Crippen molar-refractivity contribution in [3.05, 3.63) is 89.0 Å². The average molecular weight is 423 g/mol. The van der Waals surface area contributed by atoms with Gasteiger partial charge in [-0.2, -0.15) is 0 Å². The Morgan fingerprint density at radius 2 is 1.70 bits per heavy atom. The summed E-state index contributed by atoms with van der Waals surface area (Å²) in [6, 6.07) is 21.5. The standard InChI is InChI=1S/C25H23ClO4/c1-3-29-23-16-19(15-22(26)25(23)28-2)11-14-24(27)30-17-18-9-12-21(13-10-18)20-7-5-4-6-8-20/h4-16H,3,17H2,1-2H3/b14-11+. The lowest BCUT2D eigenvalue weighted by Crippen LogP contribution is -2.01. The van der Waals surface area contributed by atoms with Crippen molar-refractivity contribution in [1.82, 2.24) is 0 Å². The van der Waals surface area contributed by atoms with Crippen molar-refractivity contribution in [3.8, 4) is 22.6 Å². The molecule has 0 atom stereocenters. The monoisotopic (exact) mass is 422 g/mol. The van der Waals surface area contributed by atoms with Crippen molar-refractivity contribution < 1.29 is 19.0 Å². The number of methoxy groups -OCH3 is 1. The van der Waals surface area contributed by atoms with E-state index < -0.39 is 5.97 Å². The fraction of sp³-hybridized carbons (Fsp3) is 0.160. The molecule has 0 amide bonds. The van der Waals surface area contributed by atoms with Crippen LogP contribution in [0.15, 0.2) is 72.8 Å². The highest BCUT2D eigenvalue weighted by molar-refractivity contribution is 6.32. The zero-order valence-electron chi connectivity index (χ0n) is 16.9. The maximum Gasteiger partial charge on any atom is 0.331 e. The fourth-order valence-electron chi connectivity index (χ4n) is 2.94. The van der Waals surface area contributed by atoms with Gasteiger partial charge in [0, 0.05) is 6.08 Å². The topological polar surface area (TPSA) is 44.8 Å². The number of halogens is 1. The number of hydrogen-bond donors (Lipinski definition) is 0. The van der Waals surface area contributed by atoms with Gasteiger partial charge in [-0.1, -0.05) is 66.2 Å². The lowest BCUT2D eigenvalue weighted by molar-refractivity contribution is -0.138. The third-order valence-electron chi connectivity index (χ3n) is 4.39. The first-order chi connectivity index (χ1) is 14.6. The van der Waals surface area contributed by atoms with Gasteiger partial charge in [0.05, 0.1) is 18.7 Å². The molecule has 3 aromatic rings. The first-order valence-corrected chi connectivity index (χ1v) is 9.98. The second kappa shape index (κ2) is 10.5. The van der Waals surface area contributed by atoms with Crippen LogP contribution < -0.4 is 9.47 Å². The molecule has 5 heteroatoms. The van der Waals surface area contributed by atoms with Gasteiger partial charge in [0.25, 0.3) is 0 Å². The highest BCUT2D eigenvalue weighted by Gasteiger charge is 2.10. The highest BCUT2D eigenvalue weighted by Crippen LogP contribution is 2.36. The van der Waals surface area contributed by atoms with Crippen LogP contribution in [0.4, 0.5) is 0 Å². The van der Waals surface area contributed by atoms with Crippen molar-refractivity contribution in [2.45, 2.75) is 13.5 Å². The van der Waals surface area contributed by atoms with E-state index in [0.29, 0.717) is 28.7 Å². The number of hydrogen-bond acceptors (Lipinski definition) is 4. The maximum absolute atomic E-state index is 12.1. The van der Waals surface area contributed by atoms with E-state index >= 15 is 0 Å². The van der Waals surface area contributed by atoms with Gasteiger partial charge in [-0.3, -0.25) is 0 Å². The molecule has 3 rings (SSSR count). The van der Waals surface area contributed by atoms with Crippen LogP contribution in [0.3, 0.4) is 0 Å². The minimum absolute atomic E-state index is 0.200. The third kappa shape index (κ3) is 5.65. The van der Waals surface area contributed by atoms with Crippen molar-refractivity contribution in [2.75, 3.05) is 13.7 Å². The van der Waals surface area contributed by atoms with E-state index in [0.717, 1.165) is 16.7 Å². The Labute approximate surface area is 181 Å². The van der Waals surface area contributed by atoms with E-state index in [2.05, 4.69) is 12.1 Å². The first kappa shape index (κ1) is 21.5. The van der Waals surface area contributed by atoms with Crippen molar-refractivity contribution in [2.24, 2.45) is 0 Å². The summed E-state index contributed by atoms with van der Waals surface area (Å²) < 4.78 is 16.1. The second-order valence-corrected chi connectivity index (χ2v) is 6.88. The molecule has 0 heterocycles. The van der Waals surface area contributed by atoms with Gasteiger partial charge in [0.15, 0.2) is 11.5 Å². The molecular weight excluding hydrogens is 400 g/mol. The number of esters is 1. The van der Waals surface area contributed by atoms with Crippen molar-refractivity contribution in [1.29, 1.82) is 0 Å². The molecule has 3 aromatic carbocycles. The minimum atomic E-state index is -0.438. The molecule has 0 saturated carbocycles. The SMILES string of the molecule is CCOc1cc(/C=C/C(=O)OCc2ccc(-c3ccccc3)cc2)cc(Cl)c1OC. The summed E-state index contributed by atoms with van der Waals surface area (Å²) in [4.78, 5) is 12.1. The molecule has 4 nitrogen and oxygen atoms in total. The Balaban J connectivity index is 1.60. The Hall–Kier alpha value is -3.24. The molecule has 0 spiro atoms. The van der Waals surface area contributed by atoms with E-state index in [9.17, 15) is 4.79 Å². The summed E-state index contributed by atoms with van der Waals surface area (Å²) in [6.45, 7) is 2.55. The van der Waals surface area contributed by atoms with Gasteiger partial charge in [0.1, 0.15) is 6.61 Å². The number of carbonyl (C=O) groups excluding carboxylic acids is 1. The number of ether oxygens (including phenoxy) is 3. The zero-order chi connectivity index (χ0) is 21.3. The molecular formula is C25H23ClO4. The van der Waals surface area contributed by atoms with E-state index in [1.54, 1.807) is 18.2 Å². The van der Waals surface area contributed by atoms with Gasteiger partial charge < -0.3 is 14.2 Å². The van der Waals surface area contributed by atoms with Gasteiger partial charge in [-0.25, -0.2) is 4.79 Å². The number of carbonyl (C=O) groups is 1. The second-order valence-electron chi connectivity index (χ2n) is 6.47. The molecule has 0 unspecified atom stereocenters. The van der Waals surface area contributed by atoms with Crippen molar-refractivity contribution in [3.63, 3.8) is 0 Å². The van der Waals surface area contributed by atoms with E-state index in [1.807, 2.05) is 49.4 Å². The quantitative estimate of drug-likeness (QED) is 0.321. The lowest BCUT2D eigenvalue weighted by Gasteiger charge is -2.11. The molecule has 0 aliphatic carbocycles. The molecule has 0 N–H and O–H groups in total.